The molecule has 1 fully saturated rings. The summed E-state index contributed by atoms with van der Waals surface area (Å²) >= 11 is 0. The van der Waals surface area contributed by atoms with Crippen molar-refractivity contribution < 1.29 is 4.43 Å². The molecule has 16 heavy (non-hydrogen) atoms. The van der Waals surface area contributed by atoms with E-state index in [0.717, 1.165) is 16.6 Å². The fourth-order valence-corrected chi connectivity index (χ4v) is 9.33. The molecule has 0 aromatic carbocycles. The minimum Gasteiger partial charge on any atom is -0.414 e. The molecule has 94 valence electrons. The molecule has 0 spiro atoms. The molecule has 0 N–H and O–H groups in total. The van der Waals surface area contributed by atoms with E-state index in [4.69, 9.17) is 4.43 Å². The summed E-state index contributed by atoms with van der Waals surface area (Å²) in [4.78, 5) is 0. The first-order valence-corrected chi connectivity index (χ1v) is 9.23. The molecule has 0 radical (unpaired) electrons. The van der Waals surface area contributed by atoms with Gasteiger partial charge in [0, 0.05) is 6.10 Å². The monoisotopic (exact) mass is 240 g/mol. The van der Waals surface area contributed by atoms with Gasteiger partial charge in [-0.3, -0.25) is 0 Å². The van der Waals surface area contributed by atoms with Crippen molar-refractivity contribution in [3.8, 4) is 0 Å². The first-order valence-electron chi connectivity index (χ1n) is 7.09. The van der Waals surface area contributed by atoms with E-state index in [1.165, 1.54) is 26.3 Å². The second kappa shape index (κ2) is 5.72. The summed E-state index contributed by atoms with van der Waals surface area (Å²) in [5, 5.41) is 0. The van der Waals surface area contributed by atoms with Gasteiger partial charge in [-0.25, -0.2) is 0 Å². The van der Waals surface area contributed by atoms with Gasteiger partial charge in [0.1, 0.15) is 7.28 Å². The molecule has 1 nitrogen and oxygen atoms in total. The fourth-order valence-electron chi connectivity index (χ4n) is 3.70. The predicted octanol–water partition coefficient (Wildman–Crippen LogP) is 4.22. The summed E-state index contributed by atoms with van der Waals surface area (Å²) < 4.78 is 6.72. The van der Waals surface area contributed by atoms with E-state index in [0.29, 0.717) is 6.10 Å². The van der Waals surface area contributed by atoms with Crippen molar-refractivity contribution in [2.45, 2.75) is 83.3 Å². The van der Waals surface area contributed by atoms with E-state index >= 15 is 0 Å². The van der Waals surface area contributed by atoms with E-state index in [-0.39, 0.29) is 0 Å². The van der Waals surface area contributed by atoms with Crippen molar-refractivity contribution in [2.75, 3.05) is 0 Å². The molecule has 1 unspecified atom stereocenters. The average Bonchev–Trinajstić information content (AvgIpc) is 2.64. The Morgan fingerprint density at radius 3 is 1.81 bits per heavy atom. The molecular formula is C13H29BOSi. The lowest BCUT2D eigenvalue weighted by molar-refractivity contribution is 0.195. The van der Waals surface area contributed by atoms with Crippen molar-refractivity contribution in [1.82, 2.24) is 0 Å². The molecule has 0 saturated carbocycles. The topological polar surface area (TPSA) is 9.23 Å². The third-order valence-corrected chi connectivity index (χ3v) is 10.5. The van der Waals surface area contributed by atoms with Gasteiger partial charge in [0.25, 0.3) is 0 Å². The molecule has 1 heterocycles. The van der Waals surface area contributed by atoms with Gasteiger partial charge in [-0.2, -0.15) is 0 Å². The Labute approximate surface area is 104 Å². The lowest BCUT2D eigenvalue weighted by Crippen LogP contribution is -2.49. The Bertz CT molecular complexity index is 188. The maximum absolute atomic E-state index is 6.72. The minimum absolute atomic E-state index is 0.582. The van der Waals surface area contributed by atoms with E-state index in [1.807, 2.05) is 0 Å². The predicted molar refractivity (Wildman–Crippen MR) is 77.3 cm³/mol. The quantitative estimate of drug-likeness (QED) is 0.653. The van der Waals surface area contributed by atoms with Crippen LogP contribution in [0.25, 0.3) is 0 Å². The van der Waals surface area contributed by atoms with E-state index in [9.17, 15) is 0 Å². The molecule has 1 rings (SSSR count). The Kier molecular flexibility index (Phi) is 5.12. The zero-order chi connectivity index (χ0) is 12.3. The van der Waals surface area contributed by atoms with E-state index in [1.54, 1.807) is 0 Å². The van der Waals surface area contributed by atoms with Gasteiger partial charge < -0.3 is 4.43 Å². The molecule has 1 saturated heterocycles. The molecule has 0 aromatic heterocycles. The highest BCUT2D eigenvalue weighted by Gasteiger charge is 2.46. The summed E-state index contributed by atoms with van der Waals surface area (Å²) in [5.41, 5.74) is 2.19. The van der Waals surface area contributed by atoms with Crippen LogP contribution >= 0.6 is 0 Å². The van der Waals surface area contributed by atoms with Crippen molar-refractivity contribution in [3.05, 3.63) is 0 Å². The van der Waals surface area contributed by atoms with Gasteiger partial charge in [0.2, 0.25) is 8.32 Å². The number of hydrogen-bond acceptors (Lipinski definition) is 1. The third kappa shape index (κ3) is 2.73. The van der Waals surface area contributed by atoms with Gasteiger partial charge in [0.05, 0.1) is 0 Å². The van der Waals surface area contributed by atoms with Crippen LogP contribution < -0.4 is 0 Å². The molecule has 1 aliphatic rings. The molecule has 3 heteroatoms. The van der Waals surface area contributed by atoms with Crippen LogP contribution in [0, 0.1) is 0 Å². The molecule has 0 bridgehead atoms. The van der Waals surface area contributed by atoms with Crippen LogP contribution in [0.4, 0.5) is 0 Å². The summed E-state index contributed by atoms with van der Waals surface area (Å²) in [5.74, 6) is 0. The van der Waals surface area contributed by atoms with Gasteiger partial charge in [-0.05, 0) is 23.0 Å². The van der Waals surface area contributed by atoms with Crippen LogP contribution in [-0.2, 0) is 4.43 Å². The first kappa shape index (κ1) is 14.3. The molecule has 1 aliphatic heterocycles. The van der Waals surface area contributed by atoms with Crippen LogP contribution in [0.2, 0.25) is 29.3 Å². The van der Waals surface area contributed by atoms with Crippen LogP contribution in [0.15, 0.2) is 0 Å². The van der Waals surface area contributed by atoms with Gasteiger partial charge in [0.15, 0.2) is 0 Å². The maximum atomic E-state index is 6.72. The zero-order valence-electron chi connectivity index (χ0n) is 12.0. The van der Waals surface area contributed by atoms with Crippen molar-refractivity contribution >= 4 is 15.6 Å². The molecule has 1 atom stereocenters. The number of hydrogen-bond donors (Lipinski definition) is 0. The van der Waals surface area contributed by atoms with Crippen molar-refractivity contribution in [3.63, 3.8) is 0 Å². The Hall–Kier alpha value is 0.242. The van der Waals surface area contributed by atoms with E-state index < -0.39 is 8.32 Å². The largest absolute Gasteiger partial charge is 0.414 e. The smallest absolute Gasteiger partial charge is 0.200 e. The zero-order valence-corrected chi connectivity index (χ0v) is 13.0. The first-order chi connectivity index (χ1) is 7.41. The van der Waals surface area contributed by atoms with Crippen LogP contribution in [0.1, 0.15) is 48.0 Å². The Morgan fingerprint density at radius 2 is 1.50 bits per heavy atom. The highest BCUT2D eigenvalue weighted by Crippen LogP contribution is 2.44. The lowest BCUT2D eigenvalue weighted by Gasteiger charge is -2.44. The Balaban J connectivity index is 2.82. The van der Waals surface area contributed by atoms with Crippen LogP contribution in [0.3, 0.4) is 0 Å². The maximum Gasteiger partial charge on any atom is 0.200 e. The Morgan fingerprint density at radius 1 is 1.00 bits per heavy atom. The average molecular weight is 240 g/mol. The molecule has 0 amide bonds. The van der Waals surface area contributed by atoms with Crippen LogP contribution in [-0.4, -0.2) is 21.7 Å². The molecule has 0 aromatic rings. The van der Waals surface area contributed by atoms with E-state index in [2.05, 4.69) is 41.5 Å². The summed E-state index contributed by atoms with van der Waals surface area (Å²) in [6, 6.07) is 0. The molecular weight excluding hydrogens is 211 g/mol. The summed E-state index contributed by atoms with van der Waals surface area (Å²) in [6.07, 6.45) is 4.57. The lowest BCUT2D eigenvalue weighted by atomic mass is 9.77. The normalized spacial score (nSPS) is 22.2. The van der Waals surface area contributed by atoms with Gasteiger partial charge in [-0.15, -0.1) is 0 Å². The summed E-state index contributed by atoms with van der Waals surface area (Å²) in [6.45, 7) is 14.3. The third-order valence-electron chi connectivity index (χ3n) is 4.38. The van der Waals surface area contributed by atoms with Crippen LogP contribution in [0.5, 0.6) is 0 Å². The van der Waals surface area contributed by atoms with Gasteiger partial charge >= 0.3 is 0 Å². The fraction of sp³-hybridized carbons (Fsp3) is 1.00. The second-order valence-electron chi connectivity index (χ2n) is 6.34. The highest BCUT2D eigenvalue weighted by molar-refractivity contribution is 6.77. The standard InChI is InChI=1S/C13H29BOSi/c1-10(2)16(11(3)4,12(5)6)15-13-7-8-14-9-13/h10-14H,7-9H2,1-6H3. The summed E-state index contributed by atoms with van der Waals surface area (Å²) in [7, 11) is -0.214. The minimum atomic E-state index is -1.59. The second-order valence-corrected chi connectivity index (χ2v) is 11.7. The molecule has 0 aliphatic carbocycles. The van der Waals surface area contributed by atoms with Gasteiger partial charge in [-0.1, -0.05) is 54.2 Å². The number of rotatable bonds is 5. The van der Waals surface area contributed by atoms with Crippen molar-refractivity contribution in [2.24, 2.45) is 0 Å². The SMILES string of the molecule is CC(C)[Si](OC1CBCC1)(C(C)C)C(C)C. The highest BCUT2D eigenvalue weighted by atomic mass is 28.4. The van der Waals surface area contributed by atoms with Crippen molar-refractivity contribution in [1.29, 1.82) is 0 Å².